The van der Waals surface area contributed by atoms with E-state index in [2.05, 4.69) is 5.32 Å². The number of amides is 1. The Kier molecular flexibility index (Phi) is 7.79. The molecule has 0 radical (unpaired) electrons. The average molecular weight is 393 g/mol. The van der Waals surface area contributed by atoms with Crippen LogP contribution in [0.5, 0.6) is 5.75 Å². The van der Waals surface area contributed by atoms with E-state index in [1.807, 2.05) is 6.92 Å². The molecule has 0 saturated carbocycles. The first kappa shape index (κ1) is 20.9. The molecule has 1 N–H and O–H groups in total. The molecule has 0 atom stereocenters. The fraction of sp³-hybridized carbons (Fsp3) is 0.350. The topological polar surface area (TPSA) is 72.5 Å². The van der Waals surface area contributed by atoms with E-state index in [-0.39, 0.29) is 28.8 Å². The molecule has 0 aliphatic heterocycles. The highest BCUT2D eigenvalue weighted by Crippen LogP contribution is 2.13. The van der Waals surface area contributed by atoms with Gasteiger partial charge in [0.15, 0.2) is 9.84 Å². The second-order valence-electron chi connectivity index (χ2n) is 6.24. The zero-order valence-corrected chi connectivity index (χ0v) is 16.1. The lowest BCUT2D eigenvalue weighted by molar-refractivity contribution is -0.120. The van der Waals surface area contributed by atoms with E-state index < -0.39 is 9.84 Å². The van der Waals surface area contributed by atoms with Gasteiger partial charge in [-0.05, 0) is 56.2 Å². The van der Waals surface area contributed by atoms with Crippen LogP contribution in [0.2, 0.25) is 0 Å². The van der Waals surface area contributed by atoms with Crippen molar-refractivity contribution in [3.63, 3.8) is 0 Å². The van der Waals surface area contributed by atoms with E-state index in [9.17, 15) is 17.6 Å². The molecule has 0 heterocycles. The van der Waals surface area contributed by atoms with Gasteiger partial charge >= 0.3 is 0 Å². The highest BCUT2D eigenvalue weighted by Gasteiger charge is 2.16. The number of hydrogen-bond acceptors (Lipinski definition) is 4. The number of rotatable bonds is 10. The van der Waals surface area contributed by atoms with Gasteiger partial charge in [-0.1, -0.05) is 17.7 Å². The Bertz CT molecular complexity index is 833. The maximum Gasteiger partial charge on any atom is 0.221 e. The van der Waals surface area contributed by atoms with Crippen molar-refractivity contribution < 1.29 is 22.3 Å². The van der Waals surface area contributed by atoms with Gasteiger partial charge in [0.2, 0.25) is 5.91 Å². The minimum Gasteiger partial charge on any atom is -0.494 e. The highest BCUT2D eigenvalue weighted by molar-refractivity contribution is 7.91. The summed E-state index contributed by atoms with van der Waals surface area (Å²) in [6.45, 7) is 2.80. The summed E-state index contributed by atoms with van der Waals surface area (Å²) < 4.78 is 42.6. The number of carbonyl (C=O) groups is 1. The van der Waals surface area contributed by atoms with E-state index in [0.717, 1.165) is 12.0 Å². The predicted octanol–water partition coefficient (Wildman–Crippen LogP) is 3.27. The molecule has 0 aliphatic rings. The van der Waals surface area contributed by atoms with Crippen LogP contribution < -0.4 is 10.1 Å². The van der Waals surface area contributed by atoms with Crippen molar-refractivity contribution in [1.82, 2.24) is 5.32 Å². The number of unbranched alkanes of at least 4 members (excludes halogenated alkanes) is 1. The molecule has 27 heavy (non-hydrogen) atoms. The molecule has 5 nitrogen and oxygen atoms in total. The first-order valence-corrected chi connectivity index (χ1v) is 10.5. The fourth-order valence-electron chi connectivity index (χ4n) is 2.35. The molecule has 0 fully saturated rings. The molecule has 2 rings (SSSR count). The van der Waals surface area contributed by atoms with Gasteiger partial charge in [0.1, 0.15) is 11.6 Å². The van der Waals surface area contributed by atoms with Gasteiger partial charge < -0.3 is 10.1 Å². The zero-order valence-electron chi connectivity index (χ0n) is 15.3. The summed E-state index contributed by atoms with van der Waals surface area (Å²) >= 11 is 0. The number of carbonyl (C=O) groups excluding carboxylic acids is 1. The van der Waals surface area contributed by atoms with Crippen LogP contribution in [0.1, 0.15) is 24.8 Å². The van der Waals surface area contributed by atoms with Crippen molar-refractivity contribution in [3.05, 3.63) is 59.9 Å². The number of halogens is 1. The number of benzene rings is 2. The summed E-state index contributed by atoms with van der Waals surface area (Å²) in [5, 5.41) is 2.71. The highest BCUT2D eigenvalue weighted by atomic mass is 32.2. The Hall–Kier alpha value is -2.41. The lowest BCUT2D eigenvalue weighted by Crippen LogP contribution is -2.26. The minimum atomic E-state index is -3.45. The summed E-state index contributed by atoms with van der Waals surface area (Å²) in [7, 11) is -3.45. The average Bonchev–Trinajstić information content (AvgIpc) is 2.65. The maximum atomic E-state index is 12.8. The largest absolute Gasteiger partial charge is 0.494 e. The molecule has 0 unspecified atom stereocenters. The lowest BCUT2D eigenvalue weighted by atomic mass is 10.2. The van der Waals surface area contributed by atoms with Crippen molar-refractivity contribution in [2.75, 3.05) is 18.9 Å². The smallest absolute Gasteiger partial charge is 0.221 e. The van der Waals surface area contributed by atoms with Gasteiger partial charge in [0.25, 0.3) is 0 Å². The lowest BCUT2D eigenvalue weighted by Gasteiger charge is -2.08. The summed E-state index contributed by atoms with van der Waals surface area (Å²) in [6, 6.07) is 12.4. The molecule has 0 aliphatic carbocycles. The normalized spacial score (nSPS) is 11.2. The van der Waals surface area contributed by atoms with Crippen LogP contribution in [-0.2, 0) is 14.6 Å². The van der Waals surface area contributed by atoms with E-state index in [1.54, 1.807) is 36.4 Å². The van der Waals surface area contributed by atoms with Crippen LogP contribution in [0.3, 0.4) is 0 Å². The first-order valence-electron chi connectivity index (χ1n) is 8.81. The summed E-state index contributed by atoms with van der Waals surface area (Å²) in [5.41, 5.74) is 0.982. The number of hydrogen-bond donors (Lipinski definition) is 1. The minimum absolute atomic E-state index is 0.0672. The summed E-state index contributed by atoms with van der Waals surface area (Å²) in [6.07, 6.45) is 1.36. The third kappa shape index (κ3) is 7.38. The zero-order chi connectivity index (χ0) is 19.7. The van der Waals surface area contributed by atoms with Gasteiger partial charge in [0, 0.05) is 13.0 Å². The van der Waals surface area contributed by atoms with Crippen LogP contribution >= 0.6 is 0 Å². The Morgan fingerprint density at radius 2 is 1.70 bits per heavy atom. The van der Waals surface area contributed by atoms with Gasteiger partial charge in [-0.25, -0.2) is 12.8 Å². The van der Waals surface area contributed by atoms with Crippen LogP contribution in [0.15, 0.2) is 53.4 Å². The molecular formula is C20H24FNO4S. The van der Waals surface area contributed by atoms with Crippen molar-refractivity contribution in [2.24, 2.45) is 0 Å². The molecule has 7 heteroatoms. The van der Waals surface area contributed by atoms with Gasteiger partial charge in [-0.3, -0.25) is 4.79 Å². The van der Waals surface area contributed by atoms with Gasteiger partial charge in [0.05, 0.1) is 17.3 Å². The molecule has 1 amide bonds. The van der Waals surface area contributed by atoms with Crippen molar-refractivity contribution in [3.8, 4) is 5.75 Å². The molecular weight excluding hydrogens is 369 g/mol. The molecule has 146 valence electrons. The van der Waals surface area contributed by atoms with E-state index in [1.165, 1.54) is 12.1 Å². The standard InChI is InChI=1S/C20H24FNO4S/c1-16-4-10-19(11-5-16)27(24,25)15-12-20(23)22-13-2-3-14-26-18-8-6-17(21)7-9-18/h4-11H,2-3,12-15H2,1H3,(H,22,23). The SMILES string of the molecule is Cc1ccc(S(=O)(=O)CCC(=O)NCCCCOc2ccc(F)cc2)cc1. The van der Waals surface area contributed by atoms with Crippen molar-refractivity contribution in [1.29, 1.82) is 0 Å². The Morgan fingerprint density at radius 1 is 1.04 bits per heavy atom. The Labute approximate surface area is 159 Å². The van der Waals surface area contributed by atoms with Crippen molar-refractivity contribution in [2.45, 2.75) is 31.1 Å². The monoisotopic (exact) mass is 393 g/mol. The molecule has 2 aromatic carbocycles. The third-order valence-corrected chi connectivity index (χ3v) is 5.69. The second-order valence-corrected chi connectivity index (χ2v) is 8.35. The van der Waals surface area contributed by atoms with Gasteiger partial charge in [-0.15, -0.1) is 0 Å². The number of ether oxygens (including phenoxy) is 1. The molecule has 2 aromatic rings. The summed E-state index contributed by atoms with van der Waals surface area (Å²) in [5.74, 6) is -0.211. The van der Waals surface area contributed by atoms with E-state index >= 15 is 0 Å². The summed E-state index contributed by atoms with van der Waals surface area (Å²) in [4.78, 5) is 12.1. The number of nitrogens with one attached hydrogen (secondary N) is 1. The predicted molar refractivity (Wildman–Crippen MR) is 102 cm³/mol. The van der Waals surface area contributed by atoms with Gasteiger partial charge in [-0.2, -0.15) is 0 Å². The quantitative estimate of drug-likeness (QED) is 0.629. The molecule has 0 spiro atoms. The molecule has 0 saturated heterocycles. The van der Waals surface area contributed by atoms with E-state index in [0.29, 0.717) is 25.3 Å². The van der Waals surface area contributed by atoms with Crippen molar-refractivity contribution >= 4 is 15.7 Å². The van der Waals surface area contributed by atoms with Crippen LogP contribution in [0.4, 0.5) is 4.39 Å². The van der Waals surface area contributed by atoms with Crippen LogP contribution in [-0.4, -0.2) is 33.2 Å². The Morgan fingerprint density at radius 3 is 2.37 bits per heavy atom. The fourth-order valence-corrected chi connectivity index (χ4v) is 3.60. The first-order chi connectivity index (χ1) is 12.9. The van der Waals surface area contributed by atoms with Crippen LogP contribution in [0, 0.1) is 12.7 Å². The molecule has 0 bridgehead atoms. The third-order valence-electron chi connectivity index (χ3n) is 3.95. The molecule has 0 aromatic heterocycles. The van der Waals surface area contributed by atoms with Crippen LogP contribution in [0.25, 0.3) is 0 Å². The maximum absolute atomic E-state index is 12.8. The Balaban J connectivity index is 1.60. The van der Waals surface area contributed by atoms with E-state index in [4.69, 9.17) is 4.74 Å². The second kappa shape index (κ2) is 10.1. The number of sulfone groups is 1. The number of aryl methyl sites for hydroxylation is 1.